The summed E-state index contributed by atoms with van der Waals surface area (Å²) in [6.07, 6.45) is 3.62. The lowest BCUT2D eigenvalue weighted by molar-refractivity contribution is -0.384. The van der Waals surface area contributed by atoms with Gasteiger partial charge in [-0.15, -0.1) is 11.3 Å². The van der Waals surface area contributed by atoms with E-state index < -0.39 is 10.5 Å². The van der Waals surface area contributed by atoms with Crippen molar-refractivity contribution in [1.29, 1.82) is 0 Å². The lowest BCUT2D eigenvalue weighted by Crippen LogP contribution is -2.02. The molecule has 6 nitrogen and oxygen atoms in total. The van der Waals surface area contributed by atoms with Gasteiger partial charge in [0.1, 0.15) is 10.6 Å². The number of non-ortho nitro benzene ring substituents is 1. The fourth-order valence-corrected chi connectivity index (χ4v) is 3.31. The van der Waals surface area contributed by atoms with Crippen molar-refractivity contribution in [3.8, 4) is 11.3 Å². The predicted molar refractivity (Wildman–Crippen MR) is 106 cm³/mol. The zero-order valence-electron chi connectivity index (χ0n) is 13.9. The highest BCUT2D eigenvalue weighted by atomic mass is 32.1. The van der Waals surface area contributed by atoms with Gasteiger partial charge in [-0.3, -0.25) is 10.1 Å². The number of fused-ring (bicyclic) bond motifs is 1. The SMILES string of the molecule is O=c1oc2ccccc2cc1-c1csc(/C=C/c2ccc([N+](=O)[O-])cc2)n1. The average Bonchev–Trinajstić information content (AvgIpc) is 3.15. The van der Waals surface area contributed by atoms with Crippen LogP contribution in [0.2, 0.25) is 0 Å². The molecule has 2 heterocycles. The standard InChI is InChI=1S/C20H12N2O4S/c23-20-16(11-14-3-1-2-4-18(14)26-20)17-12-27-19(21-17)10-7-13-5-8-15(9-6-13)22(24)25/h1-12H/b10-7+. The van der Waals surface area contributed by atoms with Gasteiger partial charge < -0.3 is 4.42 Å². The van der Waals surface area contributed by atoms with Crippen LogP contribution in [0.3, 0.4) is 0 Å². The first-order valence-electron chi connectivity index (χ1n) is 8.01. The lowest BCUT2D eigenvalue weighted by atomic mass is 10.1. The highest BCUT2D eigenvalue weighted by molar-refractivity contribution is 7.10. The van der Waals surface area contributed by atoms with Gasteiger partial charge >= 0.3 is 5.63 Å². The van der Waals surface area contributed by atoms with Gasteiger partial charge in [0.15, 0.2) is 0 Å². The van der Waals surface area contributed by atoms with E-state index in [0.29, 0.717) is 16.8 Å². The normalized spacial score (nSPS) is 11.3. The third kappa shape index (κ3) is 3.54. The maximum atomic E-state index is 12.2. The van der Waals surface area contributed by atoms with E-state index in [1.54, 1.807) is 35.7 Å². The molecule has 0 atom stereocenters. The van der Waals surface area contributed by atoms with Gasteiger partial charge in [0, 0.05) is 22.9 Å². The average molecular weight is 376 g/mol. The van der Waals surface area contributed by atoms with Crippen LogP contribution in [0.1, 0.15) is 10.6 Å². The Labute approximate surface area is 157 Å². The molecule has 0 bridgehead atoms. The first kappa shape index (κ1) is 16.9. The van der Waals surface area contributed by atoms with Gasteiger partial charge in [0.25, 0.3) is 5.69 Å². The summed E-state index contributed by atoms with van der Waals surface area (Å²) in [6.45, 7) is 0. The highest BCUT2D eigenvalue weighted by Gasteiger charge is 2.10. The van der Waals surface area contributed by atoms with Crippen molar-refractivity contribution >= 4 is 40.1 Å². The summed E-state index contributed by atoms with van der Waals surface area (Å²) in [4.78, 5) is 27.0. The molecule has 2 aromatic heterocycles. The van der Waals surface area contributed by atoms with E-state index in [0.717, 1.165) is 16.0 Å². The molecule has 0 saturated carbocycles. The van der Waals surface area contributed by atoms with E-state index in [-0.39, 0.29) is 5.69 Å². The Morgan fingerprint density at radius 3 is 2.63 bits per heavy atom. The Kier molecular flexibility index (Phi) is 4.35. The minimum atomic E-state index is -0.435. The second-order valence-electron chi connectivity index (χ2n) is 5.74. The van der Waals surface area contributed by atoms with Gasteiger partial charge in [0.2, 0.25) is 0 Å². The summed E-state index contributed by atoms with van der Waals surface area (Å²) >= 11 is 1.40. The summed E-state index contributed by atoms with van der Waals surface area (Å²) in [7, 11) is 0. The molecule has 0 amide bonds. The minimum Gasteiger partial charge on any atom is -0.422 e. The van der Waals surface area contributed by atoms with Crippen LogP contribution >= 0.6 is 11.3 Å². The molecule has 0 spiro atoms. The van der Waals surface area contributed by atoms with E-state index in [4.69, 9.17) is 4.42 Å². The molecule has 4 rings (SSSR count). The van der Waals surface area contributed by atoms with E-state index >= 15 is 0 Å². The van der Waals surface area contributed by atoms with Gasteiger partial charge in [-0.2, -0.15) is 0 Å². The molecule has 27 heavy (non-hydrogen) atoms. The van der Waals surface area contributed by atoms with Crippen molar-refractivity contribution in [2.24, 2.45) is 0 Å². The van der Waals surface area contributed by atoms with Gasteiger partial charge in [-0.1, -0.05) is 24.3 Å². The third-order valence-electron chi connectivity index (χ3n) is 3.96. The van der Waals surface area contributed by atoms with Crippen LogP contribution in [0.5, 0.6) is 0 Å². The zero-order chi connectivity index (χ0) is 18.8. The number of aromatic nitrogens is 1. The number of nitro groups is 1. The van der Waals surface area contributed by atoms with Gasteiger partial charge in [-0.25, -0.2) is 9.78 Å². The molecule has 4 aromatic rings. The Morgan fingerprint density at radius 1 is 1.07 bits per heavy atom. The molecule has 0 N–H and O–H groups in total. The first-order chi connectivity index (χ1) is 13.1. The number of nitrogens with zero attached hydrogens (tertiary/aromatic N) is 2. The number of benzene rings is 2. The van der Waals surface area contributed by atoms with Crippen molar-refractivity contribution in [3.63, 3.8) is 0 Å². The number of para-hydroxylation sites is 1. The Morgan fingerprint density at radius 2 is 1.85 bits per heavy atom. The molecule has 0 radical (unpaired) electrons. The van der Waals surface area contributed by atoms with E-state index in [1.165, 1.54) is 23.5 Å². The number of hydrogen-bond donors (Lipinski definition) is 0. The smallest absolute Gasteiger partial charge is 0.345 e. The van der Waals surface area contributed by atoms with Crippen LogP contribution in [-0.2, 0) is 0 Å². The van der Waals surface area contributed by atoms with Crippen LogP contribution < -0.4 is 5.63 Å². The summed E-state index contributed by atoms with van der Waals surface area (Å²) in [5.74, 6) is 0. The Balaban J connectivity index is 1.61. The second-order valence-corrected chi connectivity index (χ2v) is 6.63. The molecule has 0 aliphatic rings. The topological polar surface area (TPSA) is 86.2 Å². The second kappa shape index (κ2) is 6.97. The number of thiazole rings is 1. The summed E-state index contributed by atoms with van der Waals surface area (Å²) < 4.78 is 5.35. The molecular formula is C20H12N2O4S. The molecule has 132 valence electrons. The van der Waals surface area contributed by atoms with Crippen LogP contribution in [0, 0.1) is 10.1 Å². The van der Waals surface area contributed by atoms with Crippen LogP contribution in [0.15, 0.2) is 69.2 Å². The minimum absolute atomic E-state index is 0.0479. The highest BCUT2D eigenvalue weighted by Crippen LogP contribution is 2.24. The van der Waals surface area contributed by atoms with Gasteiger partial charge in [0.05, 0.1) is 16.2 Å². The third-order valence-corrected chi connectivity index (χ3v) is 4.77. The fraction of sp³-hybridized carbons (Fsp3) is 0. The molecule has 0 unspecified atom stereocenters. The fourth-order valence-electron chi connectivity index (χ4n) is 2.60. The van der Waals surface area contributed by atoms with Crippen LogP contribution in [-0.4, -0.2) is 9.91 Å². The summed E-state index contributed by atoms with van der Waals surface area (Å²) in [5.41, 5.74) is 1.96. The van der Waals surface area contributed by atoms with E-state index in [2.05, 4.69) is 4.98 Å². The molecule has 2 aromatic carbocycles. The monoisotopic (exact) mass is 376 g/mol. The van der Waals surface area contributed by atoms with E-state index in [1.807, 2.05) is 24.3 Å². The molecule has 0 aliphatic heterocycles. The van der Waals surface area contributed by atoms with Crippen molar-refractivity contribution < 1.29 is 9.34 Å². The number of hydrogen-bond acceptors (Lipinski definition) is 6. The lowest BCUT2D eigenvalue weighted by Gasteiger charge is -1.98. The molecule has 7 heteroatoms. The van der Waals surface area contributed by atoms with Crippen molar-refractivity contribution in [2.45, 2.75) is 0 Å². The summed E-state index contributed by atoms with van der Waals surface area (Å²) in [6, 6.07) is 15.3. The molecular weight excluding hydrogens is 364 g/mol. The summed E-state index contributed by atoms with van der Waals surface area (Å²) in [5, 5.41) is 14.0. The van der Waals surface area contributed by atoms with Crippen LogP contribution in [0.25, 0.3) is 34.4 Å². The molecule has 0 aliphatic carbocycles. The number of nitro benzene ring substituents is 1. The molecule has 0 fully saturated rings. The van der Waals surface area contributed by atoms with E-state index in [9.17, 15) is 14.9 Å². The largest absolute Gasteiger partial charge is 0.422 e. The van der Waals surface area contributed by atoms with Crippen molar-refractivity contribution in [2.75, 3.05) is 0 Å². The Bertz CT molecular complexity index is 1220. The maximum absolute atomic E-state index is 12.2. The zero-order valence-corrected chi connectivity index (χ0v) is 14.7. The van der Waals surface area contributed by atoms with Crippen LogP contribution in [0.4, 0.5) is 5.69 Å². The maximum Gasteiger partial charge on any atom is 0.345 e. The van der Waals surface area contributed by atoms with Crippen molar-refractivity contribution in [3.05, 3.63) is 91.1 Å². The molecule has 0 saturated heterocycles. The van der Waals surface area contributed by atoms with Gasteiger partial charge in [-0.05, 0) is 35.9 Å². The quantitative estimate of drug-likeness (QED) is 0.284. The first-order valence-corrected chi connectivity index (χ1v) is 8.89. The number of rotatable bonds is 4. The Hall–Kier alpha value is -3.58. The predicted octanol–water partition coefficient (Wildman–Crippen LogP) is 5.00. The van der Waals surface area contributed by atoms with Crippen molar-refractivity contribution in [1.82, 2.24) is 4.98 Å².